The van der Waals surface area contributed by atoms with Crippen LogP contribution in [0.25, 0.3) is 0 Å². The first kappa shape index (κ1) is 14.6. The molecule has 0 aliphatic carbocycles. The fraction of sp³-hybridized carbons (Fsp3) is 0.316. The molecule has 1 aliphatic heterocycles. The quantitative estimate of drug-likeness (QED) is 0.877. The van der Waals surface area contributed by atoms with Crippen LogP contribution in [0.15, 0.2) is 54.6 Å². The average Bonchev–Trinajstić information content (AvgIpc) is 3.02. The SMILES string of the molecule is Nc1ccc(C(=O)N2CCCC2CCc2ccccc2)cc1. The summed E-state index contributed by atoms with van der Waals surface area (Å²) in [6.07, 6.45) is 4.26. The molecule has 0 radical (unpaired) electrons. The molecule has 0 saturated carbocycles. The van der Waals surface area contributed by atoms with Gasteiger partial charge in [-0.3, -0.25) is 4.79 Å². The molecule has 1 atom stereocenters. The molecule has 3 heteroatoms. The minimum atomic E-state index is 0.135. The van der Waals surface area contributed by atoms with Crippen molar-refractivity contribution in [1.29, 1.82) is 0 Å². The Morgan fingerprint density at radius 2 is 1.82 bits per heavy atom. The number of carbonyl (C=O) groups excluding carboxylic acids is 1. The van der Waals surface area contributed by atoms with Gasteiger partial charge in [0.2, 0.25) is 0 Å². The van der Waals surface area contributed by atoms with E-state index in [9.17, 15) is 4.79 Å². The van der Waals surface area contributed by atoms with Gasteiger partial charge in [0.05, 0.1) is 0 Å². The third kappa shape index (κ3) is 3.30. The number of benzene rings is 2. The number of nitrogen functional groups attached to an aromatic ring is 1. The van der Waals surface area contributed by atoms with Crippen molar-refractivity contribution < 1.29 is 4.79 Å². The van der Waals surface area contributed by atoms with Gasteiger partial charge in [0.1, 0.15) is 0 Å². The summed E-state index contributed by atoms with van der Waals surface area (Å²) in [5, 5.41) is 0. The van der Waals surface area contributed by atoms with Crippen LogP contribution in [0, 0.1) is 0 Å². The monoisotopic (exact) mass is 294 g/mol. The van der Waals surface area contributed by atoms with E-state index in [1.54, 1.807) is 12.1 Å². The first-order chi connectivity index (χ1) is 10.7. The van der Waals surface area contributed by atoms with Crippen LogP contribution in [-0.4, -0.2) is 23.4 Å². The number of nitrogens with zero attached hydrogens (tertiary/aromatic N) is 1. The van der Waals surface area contributed by atoms with Gasteiger partial charge in [0, 0.05) is 23.8 Å². The standard InChI is InChI=1S/C19H22N2O/c20-17-11-9-16(10-12-17)19(22)21-14-4-7-18(21)13-8-15-5-2-1-3-6-15/h1-3,5-6,9-12,18H,4,7-8,13-14,20H2. The van der Waals surface area contributed by atoms with Gasteiger partial charge < -0.3 is 10.6 Å². The zero-order valence-corrected chi connectivity index (χ0v) is 12.7. The Morgan fingerprint density at radius 1 is 1.09 bits per heavy atom. The fourth-order valence-electron chi connectivity index (χ4n) is 3.17. The second-order valence-electron chi connectivity index (χ2n) is 5.94. The van der Waals surface area contributed by atoms with Crippen molar-refractivity contribution in [1.82, 2.24) is 4.90 Å². The number of likely N-dealkylation sites (tertiary alicyclic amines) is 1. The van der Waals surface area contributed by atoms with Crippen molar-refractivity contribution in [3.8, 4) is 0 Å². The Bertz CT molecular complexity index is 622. The highest BCUT2D eigenvalue weighted by atomic mass is 16.2. The molecule has 2 aromatic rings. The van der Waals surface area contributed by atoms with E-state index in [2.05, 4.69) is 24.3 Å². The lowest BCUT2D eigenvalue weighted by atomic mass is 10.0. The highest BCUT2D eigenvalue weighted by Crippen LogP contribution is 2.24. The topological polar surface area (TPSA) is 46.3 Å². The van der Waals surface area contributed by atoms with Crippen LogP contribution < -0.4 is 5.73 Å². The van der Waals surface area contributed by atoms with E-state index in [4.69, 9.17) is 5.73 Å². The van der Waals surface area contributed by atoms with Crippen molar-refractivity contribution >= 4 is 11.6 Å². The van der Waals surface area contributed by atoms with E-state index in [0.29, 0.717) is 11.7 Å². The normalized spacial score (nSPS) is 17.6. The Balaban J connectivity index is 1.65. The molecule has 1 saturated heterocycles. The molecule has 1 unspecified atom stereocenters. The first-order valence-electron chi connectivity index (χ1n) is 7.94. The van der Waals surface area contributed by atoms with E-state index in [-0.39, 0.29) is 5.91 Å². The smallest absolute Gasteiger partial charge is 0.254 e. The molecule has 2 N–H and O–H groups in total. The van der Waals surface area contributed by atoms with Gasteiger partial charge in [-0.1, -0.05) is 30.3 Å². The van der Waals surface area contributed by atoms with Crippen molar-refractivity contribution in [3.05, 3.63) is 65.7 Å². The highest BCUT2D eigenvalue weighted by molar-refractivity contribution is 5.94. The minimum Gasteiger partial charge on any atom is -0.399 e. The van der Waals surface area contributed by atoms with E-state index >= 15 is 0 Å². The zero-order valence-electron chi connectivity index (χ0n) is 12.7. The van der Waals surface area contributed by atoms with Gasteiger partial charge in [0.15, 0.2) is 0 Å². The minimum absolute atomic E-state index is 0.135. The lowest BCUT2D eigenvalue weighted by Crippen LogP contribution is -2.35. The summed E-state index contributed by atoms with van der Waals surface area (Å²) in [5.74, 6) is 0.135. The van der Waals surface area contributed by atoms with E-state index in [1.165, 1.54) is 5.56 Å². The molecule has 0 spiro atoms. The molecule has 0 aromatic heterocycles. The molecule has 1 fully saturated rings. The second kappa shape index (κ2) is 6.65. The Labute approximate surface area is 131 Å². The number of rotatable bonds is 4. The third-order valence-corrected chi connectivity index (χ3v) is 4.40. The molecule has 0 bridgehead atoms. The Hall–Kier alpha value is -2.29. The van der Waals surface area contributed by atoms with Crippen LogP contribution in [0.3, 0.4) is 0 Å². The zero-order chi connectivity index (χ0) is 15.4. The Kier molecular flexibility index (Phi) is 4.42. The summed E-state index contributed by atoms with van der Waals surface area (Å²) >= 11 is 0. The van der Waals surface area contributed by atoms with Crippen LogP contribution >= 0.6 is 0 Å². The molecule has 1 heterocycles. The maximum absolute atomic E-state index is 12.7. The molecule has 22 heavy (non-hydrogen) atoms. The molecular formula is C19H22N2O. The van der Waals surface area contributed by atoms with Crippen LogP contribution in [0.5, 0.6) is 0 Å². The predicted molar refractivity (Wildman–Crippen MR) is 89.7 cm³/mol. The summed E-state index contributed by atoms with van der Waals surface area (Å²) in [6, 6.07) is 18.1. The number of carbonyl (C=O) groups is 1. The van der Waals surface area contributed by atoms with Crippen LogP contribution in [0.1, 0.15) is 35.2 Å². The van der Waals surface area contributed by atoms with Gasteiger partial charge in [-0.05, 0) is 55.5 Å². The molecule has 2 aromatic carbocycles. The van der Waals surface area contributed by atoms with E-state index in [0.717, 1.165) is 37.8 Å². The number of hydrogen-bond acceptors (Lipinski definition) is 2. The molecule has 3 nitrogen and oxygen atoms in total. The van der Waals surface area contributed by atoms with E-state index in [1.807, 2.05) is 23.1 Å². The van der Waals surface area contributed by atoms with Gasteiger partial charge in [-0.2, -0.15) is 0 Å². The highest BCUT2D eigenvalue weighted by Gasteiger charge is 2.28. The van der Waals surface area contributed by atoms with Gasteiger partial charge in [-0.25, -0.2) is 0 Å². The first-order valence-corrected chi connectivity index (χ1v) is 7.94. The van der Waals surface area contributed by atoms with Gasteiger partial charge in [-0.15, -0.1) is 0 Å². The molecule has 1 amide bonds. The molecule has 114 valence electrons. The predicted octanol–water partition coefficient (Wildman–Crippen LogP) is 3.51. The van der Waals surface area contributed by atoms with E-state index < -0.39 is 0 Å². The lowest BCUT2D eigenvalue weighted by Gasteiger charge is -2.25. The summed E-state index contributed by atoms with van der Waals surface area (Å²) in [6.45, 7) is 0.864. The van der Waals surface area contributed by atoms with Gasteiger partial charge in [0.25, 0.3) is 5.91 Å². The number of aryl methyl sites for hydroxylation is 1. The van der Waals surface area contributed by atoms with Crippen molar-refractivity contribution in [3.63, 3.8) is 0 Å². The number of anilines is 1. The average molecular weight is 294 g/mol. The molecule has 3 rings (SSSR count). The summed E-state index contributed by atoms with van der Waals surface area (Å²) in [7, 11) is 0. The van der Waals surface area contributed by atoms with Crippen molar-refractivity contribution in [2.75, 3.05) is 12.3 Å². The number of hydrogen-bond donors (Lipinski definition) is 1. The lowest BCUT2D eigenvalue weighted by molar-refractivity contribution is 0.0730. The number of nitrogens with two attached hydrogens (primary N) is 1. The van der Waals surface area contributed by atoms with Crippen LogP contribution in [-0.2, 0) is 6.42 Å². The Morgan fingerprint density at radius 3 is 2.55 bits per heavy atom. The maximum Gasteiger partial charge on any atom is 0.254 e. The van der Waals surface area contributed by atoms with Gasteiger partial charge >= 0.3 is 0 Å². The summed E-state index contributed by atoms with van der Waals surface area (Å²) < 4.78 is 0. The second-order valence-corrected chi connectivity index (χ2v) is 5.94. The van der Waals surface area contributed by atoms with Crippen LogP contribution in [0.2, 0.25) is 0 Å². The van der Waals surface area contributed by atoms with Crippen LogP contribution in [0.4, 0.5) is 5.69 Å². The van der Waals surface area contributed by atoms with Crippen molar-refractivity contribution in [2.24, 2.45) is 0 Å². The maximum atomic E-state index is 12.7. The summed E-state index contributed by atoms with van der Waals surface area (Å²) in [4.78, 5) is 14.7. The summed E-state index contributed by atoms with van der Waals surface area (Å²) in [5.41, 5.74) is 8.47. The number of amides is 1. The molecule has 1 aliphatic rings. The third-order valence-electron chi connectivity index (χ3n) is 4.40. The molecular weight excluding hydrogens is 272 g/mol. The largest absolute Gasteiger partial charge is 0.399 e. The van der Waals surface area contributed by atoms with Crippen molar-refractivity contribution in [2.45, 2.75) is 31.7 Å². The fourth-order valence-corrected chi connectivity index (χ4v) is 3.17.